The number of carbonyl (C=O) groups excluding carboxylic acids is 1. The number of nitrogens with zero attached hydrogens (tertiary/aromatic N) is 1. The van der Waals surface area contributed by atoms with Crippen LogP contribution in [0, 0.1) is 0 Å². The molecule has 1 amide bonds. The average molecular weight is 176 g/mol. The van der Waals surface area contributed by atoms with Gasteiger partial charge in [-0.15, -0.1) is 6.58 Å². The van der Waals surface area contributed by atoms with Crippen LogP contribution in [0.1, 0.15) is 0 Å². The van der Waals surface area contributed by atoms with Crippen molar-refractivity contribution >= 4 is 12.1 Å². The Bertz CT molecular complexity index is 262. The molecule has 0 fully saturated rings. The van der Waals surface area contributed by atoms with Gasteiger partial charge in [-0.3, -0.25) is 15.2 Å². The maximum atomic E-state index is 10.3. The second-order valence-electron chi connectivity index (χ2n) is 2.48. The van der Waals surface area contributed by atoms with Gasteiger partial charge in [-0.1, -0.05) is 24.3 Å². The standard InChI is InChI=1S/C10H12N2O/c1-2-8-12(11-9-13)10-6-4-3-5-7-10/h2-7,9H,1,8H2,(H,11,13). The van der Waals surface area contributed by atoms with Crippen molar-refractivity contribution in [3.63, 3.8) is 0 Å². The van der Waals surface area contributed by atoms with E-state index in [4.69, 9.17) is 0 Å². The topological polar surface area (TPSA) is 32.3 Å². The summed E-state index contributed by atoms with van der Waals surface area (Å²) < 4.78 is 0. The van der Waals surface area contributed by atoms with Crippen LogP contribution in [-0.2, 0) is 4.79 Å². The van der Waals surface area contributed by atoms with Gasteiger partial charge in [-0.05, 0) is 12.1 Å². The van der Waals surface area contributed by atoms with Gasteiger partial charge in [0.25, 0.3) is 0 Å². The molecule has 0 bridgehead atoms. The summed E-state index contributed by atoms with van der Waals surface area (Å²) in [7, 11) is 0. The van der Waals surface area contributed by atoms with E-state index >= 15 is 0 Å². The molecule has 3 nitrogen and oxygen atoms in total. The Morgan fingerprint density at radius 1 is 1.38 bits per heavy atom. The molecule has 0 unspecified atom stereocenters. The van der Waals surface area contributed by atoms with Gasteiger partial charge in [0.15, 0.2) is 0 Å². The quantitative estimate of drug-likeness (QED) is 0.417. The molecule has 0 aliphatic heterocycles. The number of hydrazine groups is 1. The summed E-state index contributed by atoms with van der Waals surface area (Å²) in [5.74, 6) is 0. The van der Waals surface area contributed by atoms with Crippen LogP contribution in [0.2, 0.25) is 0 Å². The van der Waals surface area contributed by atoms with Crippen molar-refractivity contribution in [3.05, 3.63) is 43.0 Å². The van der Waals surface area contributed by atoms with E-state index in [0.29, 0.717) is 13.0 Å². The Hall–Kier alpha value is -1.77. The maximum Gasteiger partial charge on any atom is 0.225 e. The van der Waals surface area contributed by atoms with Crippen LogP contribution in [0.5, 0.6) is 0 Å². The normalized spacial score (nSPS) is 8.92. The minimum absolute atomic E-state index is 0.586. The molecule has 1 aromatic rings. The summed E-state index contributed by atoms with van der Waals surface area (Å²) in [4.78, 5) is 10.3. The molecule has 0 saturated carbocycles. The maximum absolute atomic E-state index is 10.3. The van der Waals surface area contributed by atoms with Gasteiger partial charge in [-0.25, -0.2) is 0 Å². The molecular weight excluding hydrogens is 164 g/mol. The van der Waals surface area contributed by atoms with E-state index < -0.39 is 0 Å². The number of carbonyl (C=O) groups is 1. The number of amides is 1. The lowest BCUT2D eigenvalue weighted by Gasteiger charge is -2.20. The molecule has 68 valence electrons. The third kappa shape index (κ3) is 2.63. The molecule has 1 aromatic carbocycles. The largest absolute Gasteiger partial charge is 0.282 e. The monoisotopic (exact) mass is 176 g/mol. The van der Waals surface area contributed by atoms with E-state index in [1.165, 1.54) is 0 Å². The number of rotatable bonds is 5. The minimum Gasteiger partial charge on any atom is -0.282 e. The molecule has 0 spiro atoms. The van der Waals surface area contributed by atoms with Gasteiger partial charge < -0.3 is 0 Å². The Balaban J connectivity index is 2.75. The summed E-state index contributed by atoms with van der Waals surface area (Å²) in [6, 6.07) is 9.59. The molecule has 1 N–H and O–H groups in total. The Morgan fingerprint density at radius 3 is 2.62 bits per heavy atom. The van der Waals surface area contributed by atoms with Crippen LogP contribution >= 0.6 is 0 Å². The minimum atomic E-state index is 0.586. The Labute approximate surface area is 77.6 Å². The molecule has 0 heterocycles. The third-order valence-corrected chi connectivity index (χ3v) is 1.59. The molecule has 3 heteroatoms. The molecule has 1 rings (SSSR count). The first-order chi connectivity index (χ1) is 6.38. The average Bonchev–Trinajstić information content (AvgIpc) is 2.19. The predicted octanol–water partition coefficient (Wildman–Crippen LogP) is 1.34. The second-order valence-corrected chi connectivity index (χ2v) is 2.48. The molecule has 0 aliphatic carbocycles. The van der Waals surface area contributed by atoms with E-state index in [9.17, 15) is 4.79 Å². The Morgan fingerprint density at radius 2 is 2.08 bits per heavy atom. The number of para-hydroxylation sites is 1. The molecule has 0 radical (unpaired) electrons. The number of benzene rings is 1. The van der Waals surface area contributed by atoms with Crippen molar-refractivity contribution in [2.45, 2.75) is 0 Å². The highest BCUT2D eigenvalue weighted by Crippen LogP contribution is 2.09. The van der Waals surface area contributed by atoms with Crippen molar-refractivity contribution in [1.82, 2.24) is 5.43 Å². The lowest BCUT2D eigenvalue weighted by Crippen LogP contribution is -2.37. The van der Waals surface area contributed by atoms with Crippen LogP contribution in [0.3, 0.4) is 0 Å². The summed E-state index contributed by atoms with van der Waals surface area (Å²) >= 11 is 0. The number of hydrogen-bond acceptors (Lipinski definition) is 2. The number of hydrogen-bond donors (Lipinski definition) is 1. The van der Waals surface area contributed by atoms with Gasteiger partial charge in [0.2, 0.25) is 6.41 Å². The van der Waals surface area contributed by atoms with Gasteiger partial charge in [0.1, 0.15) is 0 Å². The van der Waals surface area contributed by atoms with Gasteiger partial charge in [0, 0.05) is 0 Å². The molecular formula is C10H12N2O. The van der Waals surface area contributed by atoms with Crippen molar-refractivity contribution in [2.24, 2.45) is 0 Å². The molecule has 0 atom stereocenters. The van der Waals surface area contributed by atoms with Crippen molar-refractivity contribution in [2.75, 3.05) is 11.6 Å². The van der Waals surface area contributed by atoms with Crippen LogP contribution in [-0.4, -0.2) is 13.0 Å². The first-order valence-corrected chi connectivity index (χ1v) is 4.01. The van der Waals surface area contributed by atoms with E-state index in [2.05, 4.69) is 12.0 Å². The number of anilines is 1. The smallest absolute Gasteiger partial charge is 0.225 e. The van der Waals surface area contributed by atoms with E-state index in [1.54, 1.807) is 11.1 Å². The lowest BCUT2D eigenvalue weighted by molar-refractivity contribution is -0.109. The highest BCUT2D eigenvalue weighted by Gasteiger charge is 2.00. The molecule has 13 heavy (non-hydrogen) atoms. The SMILES string of the molecule is C=CCN(NC=O)c1ccccc1. The number of nitrogens with one attached hydrogen (secondary N) is 1. The highest BCUT2D eigenvalue weighted by molar-refractivity contribution is 5.55. The van der Waals surface area contributed by atoms with E-state index in [1.807, 2.05) is 30.3 Å². The highest BCUT2D eigenvalue weighted by atomic mass is 16.1. The molecule has 0 aliphatic rings. The first kappa shape index (κ1) is 9.32. The predicted molar refractivity (Wildman–Crippen MR) is 53.2 cm³/mol. The summed E-state index contributed by atoms with van der Waals surface area (Å²) in [6.07, 6.45) is 2.38. The van der Waals surface area contributed by atoms with Gasteiger partial charge in [-0.2, -0.15) is 0 Å². The zero-order valence-corrected chi connectivity index (χ0v) is 7.31. The first-order valence-electron chi connectivity index (χ1n) is 4.01. The second kappa shape index (κ2) is 4.98. The zero-order chi connectivity index (χ0) is 9.52. The van der Waals surface area contributed by atoms with Crippen LogP contribution in [0.15, 0.2) is 43.0 Å². The van der Waals surface area contributed by atoms with Crippen LogP contribution in [0.25, 0.3) is 0 Å². The summed E-state index contributed by atoms with van der Waals surface area (Å²) in [6.45, 7) is 4.20. The van der Waals surface area contributed by atoms with Crippen molar-refractivity contribution < 1.29 is 4.79 Å². The lowest BCUT2D eigenvalue weighted by atomic mass is 10.3. The summed E-state index contributed by atoms with van der Waals surface area (Å²) in [5.41, 5.74) is 3.52. The molecule has 0 aromatic heterocycles. The summed E-state index contributed by atoms with van der Waals surface area (Å²) in [5, 5.41) is 1.71. The fourth-order valence-electron chi connectivity index (χ4n) is 1.03. The van der Waals surface area contributed by atoms with Crippen LogP contribution < -0.4 is 10.4 Å². The molecule has 0 saturated heterocycles. The van der Waals surface area contributed by atoms with Crippen molar-refractivity contribution in [3.8, 4) is 0 Å². The fraction of sp³-hybridized carbons (Fsp3) is 0.100. The van der Waals surface area contributed by atoms with Gasteiger partial charge >= 0.3 is 0 Å². The zero-order valence-electron chi connectivity index (χ0n) is 7.31. The van der Waals surface area contributed by atoms with Crippen molar-refractivity contribution in [1.29, 1.82) is 0 Å². The Kier molecular flexibility index (Phi) is 3.57. The van der Waals surface area contributed by atoms with E-state index in [-0.39, 0.29) is 0 Å². The third-order valence-electron chi connectivity index (χ3n) is 1.59. The van der Waals surface area contributed by atoms with E-state index in [0.717, 1.165) is 5.69 Å². The van der Waals surface area contributed by atoms with Gasteiger partial charge in [0.05, 0.1) is 12.2 Å². The van der Waals surface area contributed by atoms with Crippen LogP contribution in [0.4, 0.5) is 5.69 Å². The fourth-order valence-corrected chi connectivity index (χ4v) is 1.03.